The number of hydrogen-bond acceptors (Lipinski definition) is 3. The first-order chi connectivity index (χ1) is 7.45. The zero-order chi connectivity index (χ0) is 12.3. The third kappa shape index (κ3) is 2.85. The van der Waals surface area contributed by atoms with Crippen LogP contribution in [0.25, 0.3) is 0 Å². The molecule has 1 rings (SSSR count). The Morgan fingerprint density at radius 1 is 1.62 bits per heavy atom. The van der Waals surface area contributed by atoms with Gasteiger partial charge in [0.1, 0.15) is 0 Å². The second kappa shape index (κ2) is 5.16. The predicted octanol–water partition coefficient (Wildman–Crippen LogP) is 2.53. The number of hydrogen-bond donors (Lipinski definition) is 0. The van der Waals surface area contributed by atoms with Crippen molar-refractivity contribution in [2.75, 3.05) is 7.11 Å². The van der Waals surface area contributed by atoms with Gasteiger partial charge in [-0.1, -0.05) is 11.6 Å². The van der Waals surface area contributed by atoms with Crippen molar-refractivity contribution in [2.45, 2.75) is 12.8 Å². The maximum Gasteiger partial charge on any atom is 0.311 e. The van der Waals surface area contributed by atoms with Crippen LogP contribution in [-0.2, 0) is 16.0 Å². The van der Waals surface area contributed by atoms with Gasteiger partial charge in [-0.15, -0.1) is 0 Å². The smallest absolute Gasteiger partial charge is 0.311 e. The third-order valence-electron chi connectivity index (χ3n) is 1.79. The van der Waals surface area contributed by atoms with Crippen LogP contribution in [0.4, 0.5) is 13.2 Å². The van der Waals surface area contributed by atoms with E-state index in [-0.39, 0.29) is 12.1 Å². The molecule has 0 N–H and O–H groups in total. The number of alkyl halides is 2. The zero-order valence-electron chi connectivity index (χ0n) is 8.14. The van der Waals surface area contributed by atoms with Crippen molar-refractivity contribution in [3.63, 3.8) is 0 Å². The van der Waals surface area contributed by atoms with Gasteiger partial charge in [0.15, 0.2) is 0 Å². The van der Waals surface area contributed by atoms with Gasteiger partial charge in [0.25, 0.3) is 6.43 Å². The van der Waals surface area contributed by atoms with Gasteiger partial charge in [-0.05, 0) is 6.07 Å². The first-order valence-electron chi connectivity index (χ1n) is 4.15. The van der Waals surface area contributed by atoms with Crippen LogP contribution in [0.15, 0.2) is 6.07 Å². The molecule has 1 aromatic rings. The zero-order valence-corrected chi connectivity index (χ0v) is 8.89. The van der Waals surface area contributed by atoms with E-state index in [1.54, 1.807) is 0 Å². The summed E-state index contributed by atoms with van der Waals surface area (Å²) in [5, 5.41) is -0.457. The number of nitrogens with zero attached hydrogens (tertiary/aromatic N) is 1. The molecule has 0 radical (unpaired) electrons. The summed E-state index contributed by atoms with van der Waals surface area (Å²) in [7, 11) is 1.15. The van der Waals surface area contributed by atoms with E-state index in [1.165, 1.54) is 0 Å². The molecule has 3 nitrogen and oxygen atoms in total. The predicted molar refractivity (Wildman–Crippen MR) is 49.9 cm³/mol. The second-order valence-electron chi connectivity index (χ2n) is 2.85. The normalized spacial score (nSPS) is 10.6. The quantitative estimate of drug-likeness (QED) is 0.614. The molecule has 0 amide bonds. The summed E-state index contributed by atoms with van der Waals surface area (Å²) in [4.78, 5) is 14.1. The summed E-state index contributed by atoms with van der Waals surface area (Å²) in [5.41, 5.74) is -1.02. The molecule has 16 heavy (non-hydrogen) atoms. The summed E-state index contributed by atoms with van der Waals surface area (Å²) in [6, 6.07) is 1.02. The van der Waals surface area contributed by atoms with E-state index in [0.29, 0.717) is 0 Å². The lowest BCUT2D eigenvalue weighted by molar-refractivity contribution is -0.139. The molecular formula is C9H7ClF3NO2. The van der Waals surface area contributed by atoms with Crippen molar-refractivity contribution in [1.82, 2.24) is 4.98 Å². The molecule has 0 saturated carbocycles. The Hall–Kier alpha value is -1.30. The maximum atomic E-state index is 13.1. The van der Waals surface area contributed by atoms with Crippen LogP contribution in [0.1, 0.15) is 17.7 Å². The molecule has 0 aliphatic heterocycles. The number of pyridine rings is 1. The highest BCUT2D eigenvalue weighted by Crippen LogP contribution is 2.29. The summed E-state index contributed by atoms with van der Waals surface area (Å²) in [6.45, 7) is 0. The van der Waals surface area contributed by atoms with Crippen molar-refractivity contribution in [3.05, 3.63) is 28.3 Å². The van der Waals surface area contributed by atoms with Gasteiger partial charge in [0.05, 0.1) is 29.8 Å². The van der Waals surface area contributed by atoms with E-state index < -0.39 is 28.9 Å². The molecule has 1 heterocycles. The van der Waals surface area contributed by atoms with E-state index in [9.17, 15) is 18.0 Å². The molecule has 0 spiro atoms. The lowest BCUT2D eigenvalue weighted by Gasteiger charge is -2.06. The molecule has 0 aliphatic rings. The molecule has 0 saturated heterocycles. The summed E-state index contributed by atoms with van der Waals surface area (Å²) < 4.78 is 42.0. The Kier molecular flexibility index (Phi) is 4.12. The number of methoxy groups -OCH3 is 1. The Morgan fingerprint density at radius 3 is 2.69 bits per heavy atom. The molecule has 0 unspecified atom stereocenters. The van der Waals surface area contributed by atoms with Crippen molar-refractivity contribution in [2.24, 2.45) is 0 Å². The number of rotatable bonds is 3. The van der Waals surface area contributed by atoms with Crippen LogP contribution in [0.3, 0.4) is 0 Å². The molecule has 0 aromatic carbocycles. The number of carbonyl (C=O) groups is 1. The van der Waals surface area contributed by atoms with Gasteiger partial charge in [0, 0.05) is 0 Å². The summed E-state index contributed by atoms with van der Waals surface area (Å²) in [6.07, 6.45) is -3.37. The molecule has 7 heteroatoms. The van der Waals surface area contributed by atoms with Crippen LogP contribution in [0.5, 0.6) is 0 Å². The van der Waals surface area contributed by atoms with Crippen LogP contribution >= 0.6 is 11.6 Å². The molecule has 0 atom stereocenters. The summed E-state index contributed by atoms with van der Waals surface area (Å²) in [5.74, 6) is -2.03. The van der Waals surface area contributed by atoms with E-state index in [0.717, 1.165) is 13.2 Å². The SMILES string of the molecule is COC(=O)Cc1cc(Cl)c(C(F)F)c(F)n1. The fourth-order valence-electron chi connectivity index (χ4n) is 1.05. The second-order valence-corrected chi connectivity index (χ2v) is 3.26. The van der Waals surface area contributed by atoms with Gasteiger partial charge in [-0.3, -0.25) is 4.79 Å². The number of aromatic nitrogens is 1. The van der Waals surface area contributed by atoms with Gasteiger partial charge in [0.2, 0.25) is 5.95 Å². The van der Waals surface area contributed by atoms with Crippen LogP contribution in [0.2, 0.25) is 5.02 Å². The van der Waals surface area contributed by atoms with Gasteiger partial charge < -0.3 is 4.74 Å². The van der Waals surface area contributed by atoms with Gasteiger partial charge >= 0.3 is 5.97 Å². The molecule has 0 bridgehead atoms. The Morgan fingerprint density at radius 2 is 2.25 bits per heavy atom. The average Bonchev–Trinajstić information content (AvgIpc) is 2.15. The third-order valence-corrected chi connectivity index (χ3v) is 2.10. The molecule has 1 aromatic heterocycles. The average molecular weight is 254 g/mol. The standard InChI is InChI=1S/C9H7ClF3NO2/c1-16-6(15)3-4-2-5(10)7(8(11)12)9(13)14-4/h2,8H,3H2,1H3. The van der Waals surface area contributed by atoms with Crippen molar-refractivity contribution < 1.29 is 22.7 Å². The fraction of sp³-hybridized carbons (Fsp3) is 0.333. The largest absolute Gasteiger partial charge is 0.469 e. The summed E-state index contributed by atoms with van der Waals surface area (Å²) >= 11 is 5.44. The minimum absolute atomic E-state index is 0.0567. The first kappa shape index (κ1) is 12.8. The van der Waals surface area contributed by atoms with Crippen LogP contribution < -0.4 is 0 Å². The molecule has 88 valence electrons. The van der Waals surface area contributed by atoms with E-state index in [1.807, 2.05) is 0 Å². The van der Waals surface area contributed by atoms with Crippen molar-refractivity contribution in [1.29, 1.82) is 0 Å². The highest BCUT2D eigenvalue weighted by Gasteiger charge is 2.20. The van der Waals surface area contributed by atoms with Crippen LogP contribution in [-0.4, -0.2) is 18.1 Å². The maximum absolute atomic E-state index is 13.1. The number of halogens is 4. The first-order valence-corrected chi connectivity index (χ1v) is 4.53. The lowest BCUT2D eigenvalue weighted by atomic mass is 10.2. The minimum Gasteiger partial charge on any atom is -0.469 e. The Bertz CT molecular complexity index is 389. The molecular weight excluding hydrogens is 247 g/mol. The monoisotopic (exact) mass is 253 g/mol. The number of esters is 1. The van der Waals surface area contributed by atoms with Crippen LogP contribution in [0, 0.1) is 5.95 Å². The number of carbonyl (C=O) groups excluding carboxylic acids is 1. The highest BCUT2D eigenvalue weighted by molar-refractivity contribution is 6.31. The molecule has 0 aliphatic carbocycles. The molecule has 0 fully saturated rings. The van der Waals surface area contributed by atoms with E-state index >= 15 is 0 Å². The Balaban J connectivity index is 3.05. The highest BCUT2D eigenvalue weighted by atomic mass is 35.5. The number of ether oxygens (including phenoxy) is 1. The minimum atomic E-state index is -3.05. The fourth-order valence-corrected chi connectivity index (χ4v) is 1.33. The lowest BCUT2D eigenvalue weighted by Crippen LogP contribution is -2.08. The Labute approximate surface area is 94.2 Å². The topological polar surface area (TPSA) is 39.2 Å². The van der Waals surface area contributed by atoms with Gasteiger partial charge in [-0.25, -0.2) is 13.8 Å². The van der Waals surface area contributed by atoms with Crippen molar-refractivity contribution >= 4 is 17.6 Å². The van der Waals surface area contributed by atoms with E-state index in [2.05, 4.69) is 9.72 Å². The van der Waals surface area contributed by atoms with E-state index in [4.69, 9.17) is 11.6 Å². The van der Waals surface area contributed by atoms with Crippen molar-refractivity contribution in [3.8, 4) is 0 Å². The van der Waals surface area contributed by atoms with Gasteiger partial charge in [-0.2, -0.15) is 4.39 Å².